The third-order valence-corrected chi connectivity index (χ3v) is 15.5. The van der Waals surface area contributed by atoms with Crippen molar-refractivity contribution in [2.24, 2.45) is 56.7 Å². The van der Waals surface area contributed by atoms with E-state index in [1.54, 1.807) is 19.9 Å². The molecule has 0 radical (unpaired) electrons. The predicted molar refractivity (Wildman–Crippen MR) is 208 cm³/mol. The summed E-state index contributed by atoms with van der Waals surface area (Å²) < 4.78 is 6.15. The number of rotatable bonds is 9. The van der Waals surface area contributed by atoms with Crippen molar-refractivity contribution in [1.29, 1.82) is 0 Å². The second kappa shape index (κ2) is 13.8. The van der Waals surface area contributed by atoms with Crippen LogP contribution in [0.3, 0.4) is 0 Å². The lowest BCUT2D eigenvalue weighted by Gasteiger charge is -2.68. The molecule has 1 amide bonds. The number of hydrogen-bond acceptors (Lipinski definition) is 5. The number of benzene rings is 1. The highest BCUT2D eigenvalue weighted by molar-refractivity contribution is 6.01. The molecule has 2 N–H and O–H groups in total. The van der Waals surface area contributed by atoms with Gasteiger partial charge in [0.15, 0.2) is 5.78 Å². The number of allylic oxidation sites excluding steroid dienone is 3. The van der Waals surface area contributed by atoms with Gasteiger partial charge in [-0.3, -0.25) is 19.2 Å². The number of carbonyl (C=O) groups excluding carboxylic acids is 3. The summed E-state index contributed by atoms with van der Waals surface area (Å²) in [5.74, 6) is 0.588. The van der Waals surface area contributed by atoms with E-state index in [-0.39, 0.29) is 52.4 Å². The standard InChI is InChI=1S/C46H65NO6/c1-27(2)39-33(48)25-46(24-20-37(49)47-29(4)30-13-11-28(3)12-14-30)23-17-32-31(40(39)46)15-16-35-44(32,9)21-18-34-43(7,8)36(19-22-45(34,35)10)53-38(50)26-42(5,6)41(51)52/h11-14,20,24,27,29,31-32,34-36H,15-19,21-23,25-26H2,1-10H3,(H,47,49)(H,51,52)/b24-20+. The number of fused-ring (bicyclic) bond motifs is 7. The van der Waals surface area contributed by atoms with Crippen LogP contribution in [0.5, 0.6) is 0 Å². The highest BCUT2D eigenvalue weighted by Gasteiger charge is 2.66. The van der Waals surface area contributed by atoms with Crippen molar-refractivity contribution in [2.75, 3.05) is 0 Å². The van der Waals surface area contributed by atoms with Crippen molar-refractivity contribution in [2.45, 2.75) is 146 Å². The normalized spacial score (nSPS) is 35.6. The highest BCUT2D eigenvalue weighted by Crippen LogP contribution is 2.73. The van der Waals surface area contributed by atoms with Crippen molar-refractivity contribution >= 4 is 23.6 Å². The lowest BCUT2D eigenvalue weighted by Crippen LogP contribution is -2.63. The Morgan fingerprint density at radius 3 is 2.23 bits per heavy atom. The molecule has 1 aromatic rings. The summed E-state index contributed by atoms with van der Waals surface area (Å²) in [5.41, 5.74) is 3.04. The largest absolute Gasteiger partial charge is 0.481 e. The van der Waals surface area contributed by atoms with E-state index in [4.69, 9.17) is 4.74 Å². The van der Waals surface area contributed by atoms with E-state index in [1.807, 2.05) is 6.92 Å². The molecule has 0 bridgehead atoms. The van der Waals surface area contributed by atoms with Crippen LogP contribution in [0.2, 0.25) is 0 Å². The molecule has 0 aliphatic heterocycles. The SMILES string of the molecule is Cc1ccc(C(C)NC(=O)/C=C/C23CCC4C(CCC5C4(C)CCC4C(C)(C)C(OC(=O)CC(C)(C)C(=O)O)CCC45C)C2=C(C(C)C)C(=O)C3)cc1. The topological polar surface area (TPSA) is 110 Å². The van der Waals surface area contributed by atoms with Crippen LogP contribution >= 0.6 is 0 Å². The lowest BCUT2D eigenvalue weighted by atomic mass is 9.36. The van der Waals surface area contributed by atoms with Crippen LogP contribution in [0, 0.1) is 63.6 Å². The minimum absolute atomic E-state index is 0.0894. The summed E-state index contributed by atoms with van der Waals surface area (Å²) in [6.07, 6.45) is 12.0. The van der Waals surface area contributed by atoms with Crippen LogP contribution in [-0.4, -0.2) is 34.8 Å². The summed E-state index contributed by atoms with van der Waals surface area (Å²) in [7, 11) is 0. The molecule has 5 aliphatic rings. The third-order valence-electron chi connectivity index (χ3n) is 15.5. The zero-order valence-corrected chi connectivity index (χ0v) is 34.1. The molecule has 290 valence electrons. The molecule has 5 aliphatic carbocycles. The number of ether oxygens (including phenoxy) is 1. The van der Waals surface area contributed by atoms with Gasteiger partial charge in [-0.15, -0.1) is 0 Å². The fourth-order valence-electron chi connectivity index (χ4n) is 12.8. The Morgan fingerprint density at radius 1 is 0.925 bits per heavy atom. The second-order valence-electron chi connectivity index (χ2n) is 19.9. The van der Waals surface area contributed by atoms with Gasteiger partial charge in [0.2, 0.25) is 5.91 Å². The van der Waals surface area contributed by atoms with Crippen molar-refractivity contribution in [1.82, 2.24) is 5.32 Å². The van der Waals surface area contributed by atoms with Gasteiger partial charge in [-0.2, -0.15) is 0 Å². The average Bonchev–Trinajstić information content (AvgIpc) is 3.37. The van der Waals surface area contributed by atoms with E-state index >= 15 is 0 Å². The Balaban J connectivity index is 1.23. The molecule has 6 rings (SSSR count). The van der Waals surface area contributed by atoms with Crippen LogP contribution in [0.15, 0.2) is 47.6 Å². The first-order chi connectivity index (χ1) is 24.7. The Bertz CT molecular complexity index is 1700. The number of ketones is 1. The van der Waals surface area contributed by atoms with Crippen LogP contribution in [0.4, 0.5) is 0 Å². The molecule has 9 unspecified atom stereocenters. The first-order valence-corrected chi connectivity index (χ1v) is 20.4. The number of amides is 1. The first kappa shape index (κ1) is 39.5. The van der Waals surface area contributed by atoms with Gasteiger partial charge in [0, 0.05) is 17.3 Å². The highest BCUT2D eigenvalue weighted by atomic mass is 16.5. The van der Waals surface area contributed by atoms with Gasteiger partial charge in [0.05, 0.1) is 17.9 Å². The minimum Gasteiger partial charge on any atom is -0.481 e. The number of carboxylic acids is 1. The maximum absolute atomic E-state index is 13.9. The summed E-state index contributed by atoms with van der Waals surface area (Å²) in [6, 6.07) is 8.15. The van der Waals surface area contributed by atoms with Gasteiger partial charge in [0.25, 0.3) is 0 Å². The van der Waals surface area contributed by atoms with Gasteiger partial charge in [-0.05, 0) is 142 Å². The minimum atomic E-state index is -1.16. The van der Waals surface area contributed by atoms with E-state index in [9.17, 15) is 24.3 Å². The third kappa shape index (κ3) is 6.75. The average molecular weight is 728 g/mol. The quantitative estimate of drug-likeness (QED) is 0.194. The molecule has 1 aromatic carbocycles. The first-order valence-electron chi connectivity index (χ1n) is 20.4. The summed E-state index contributed by atoms with van der Waals surface area (Å²) in [4.78, 5) is 52.1. The smallest absolute Gasteiger partial charge is 0.309 e. The number of Topliss-reactive ketones (excluding diaryl/α,β-unsaturated/α-hetero) is 1. The molecule has 0 aromatic heterocycles. The number of hydrogen-bond donors (Lipinski definition) is 2. The summed E-state index contributed by atoms with van der Waals surface area (Å²) in [5, 5.41) is 12.8. The fourth-order valence-corrected chi connectivity index (χ4v) is 12.8. The van der Waals surface area contributed by atoms with E-state index < -0.39 is 22.8 Å². The Kier molecular flexibility index (Phi) is 10.3. The molecular formula is C46H65NO6. The maximum atomic E-state index is 13.9. The van der Waals surface area contributed by atoms with Gasteiger partial charge in [-0.1, -0.05) is 77.4 Å². The lowest BCUT2D eigenvalue weighted by molar-refractivity contribution is -0.213. The number of carbonyl (C=O) groups is 4. The maximum Gasteiger partial charge on any atom is 0.309 e. The monoisotopic (exact) mass is 727 g/mol. The Morgan fingerprint density at radius 2 is 1.58 bits per heavy atom. The van der Waals surface area contributed by atoms with Crippen LogP contribution < -0.4 is 5.32 Å². The van der Waals surface area contributed by atoms with Gasteiger partial charge < -0.3 is 15.2 Å². The van der Waals surface area contributed by atoms with Crippen molar-refractivity contribution < 1.29 is 29.0 Å². The van der Waals surface area contributed by atoms with Crippen LogP contribution in [-0.2, 0) is 23.9 Å². The molecule has 53 heavy (non-hydrogen) atoms. The molecule has 4 saturated carbocycles. The van der Waals surface area contributed by atoms with Crippen molar-refractivity contribution in [3.05, 3.63) is 58.7 Å². The Labute approximate surface area is 318 Å². The Hall–Kier alpha value is -3.22. The summed E-state index contributed by atoms with van der Waals surface area (Å²) in [6.45, 7) is 21.2. The molecule has 0 heterocycles. The number of nitrogens with one attached hydrogen (secondary N) is 1. The van der Waals surface area contributed by atoms with E-state index in [1.165, 1.54) is 11.1 Å². The van der Waals surface area contributed by atoms with Gasteiger partial charge >= 0.3 is 11.9 Å². The number of esters is 1. The summed E-state index contributed by atoms with van der Waals surface area (Å²) >= 11 is 0. The predicted octanol–water partition coefficient (Wildman–Crippen LogP) is 9.73. The van der Waals surface area contributed by atoms with Gasteiger partial charge in [0.1, 0.15) is 6.10 Å². The van der Waals surface area contributed by atoms with Gasteiger partial charge in [-0.25, -0.2) is 0 Å². The molecule has 9 atom stereocenters. The molecular weight excluding hydrogens is 663 g/mol. The van der Waals surface area contributed by atoms with E-state index in [0.29, 0.717) is 30.1 Å². The molecule has 0 spiro atoms. The molecule has 4 fully saturated rings. The number of aryl methyl sites for hydroxylation is 1. The van der Waals surface area contributed by atoms with Crippen LogP contribution in [0.25, 0.3) is 0 Å². The molecule has 7 heteroatoms. The van der Waals surface area contributed by atoms with Crippen molar-refractivity contribution in [3.63, 3.8) is 0 Å². The molecule has 7 nitrogen and oxygen atoms in total. The number of carboxylic acid groups (broad SMARTS) is 1. The van der Waals surface area contributed by atoms with E-state index in [0.717, 1.165) is 62.5 Å². The second-order valence-corrected chi connectivity index (χ2v) is 19.9. The zero-order valence-electron chi connectivity index (χ0n) is 34.1. The molecule has 0 saturated heterocycles. The van der Waals surface area contributed by atoms with Crippen molar-refractivity contribution in [3.8, 4) is 0 Å². The number of aliphatic carboxylic acids is 1. The van der Waals surface area contributed by atoms with Crippen LogP contribution in [0.1, 0.15) is 144 Å². The fraction of sp³-hybridized carbons (Fsp3) is 0.696. The van der Waals surface area contributed by atoms with E-state index in [2.05, 4.69) is 84.1 Å². The zero-order chi connectivity index (χ0) is 38.9.